The molecule has 12 heavy (non-hydrogen) atoms. The number of nitrogens with one attached hydrogen (secondary N) is 1. The second-order valence-electron chi connectivity index (χ2n) is 2.87. The van der Waals surface area contributed by atoms with Crippen LogP contribution in [0.1, 0.15) is 33.1 Å². The molecule has 0 saturated carbocycles. The number of nitrogens with zero attached hydrogens (tertiary/aromatic N) is 1. The van der Waals surface area contributed by atoms with Gasteiger partial charge in [0.2, 0.25) is 0 Å². The van der Waals surface area contributed by atoms with Crippen LogP contribution in [0, 0.1) is 5.92 Å². The minimum absolute atomic E-state index is 0.400. The van der Waals surface area contributed by atoms with Crippen LogP contribution in [-0.4, -0.2) is 12.2 Å². The summed E-state index contributed by atoms with van der Waals surface area (Å²) in [5, 5.41) is 3.67. The van der Waals surface area contributed by atoms with Crippen molar-refractivity contribution in [2.24, 2.45) is 16.8 Å². The SMILES string of the molecule is CCCCC(C)C=NNC(N)=O. The maximum Gasteiger partial charge on any atom is 0.332 e. The van der Waals surface area contributed by atoms with Gasteiger partial charge in [-0.15, -0.1) is 0 Å². The molecular weight excluding hydrogens is 154 g/mol. The summed E-state index contributed by atoms with van der Waals surface area (Å²) in [4.78, 5) is 10.2. The van der Waals surface area contributed by atoms with Crippen molar-refractivity contribution in [3.63, 3.8) is 0 Å². The van der Waals surface area contributed by atoms with Gasteiger partial charge in [0, 0.05) is 6.21 Å². The largest absolute Gasteiger partial charge is 0.350 e. The topological polar surface area (TPSA) is 67.5 Å². The Labute approximate surface area is 73.2 Å². The Balaban J connectivity index is 3.46. The molecule has 1 unspecified atom stereocenters. The van der Waals surface area contributed by atoms with E-state index in [9.17, 15) is 4.79 Å². The van der Waals surface area contributed by atoms with E-state index in [0.717, 1.165) is 6.42 Å². The van der Waals surface area contributed by atoms with Crippen molar-refractivity contribution in [3.8, 4) is 0 Å². The Kier molecular flexibility index (Phi) is 6.05. The van der Waals surface area contributed by atoms with Crippen molar-refractivity contribution < 1.29 is 4.79 Å². The van der Waals surface area contributed by atoms with Crippen LogP contribution >= 0.6 is 0 Å². The molecule has 0 aliphatic heterocycles. The van der Waals surface area contributed by atoms with Gasteiger partial charge < -0.3 is 5.73 Å². The predicted molar refractivity (Wildman–Crippen MR) is 49.9 cm³/mol. The molecule has 4 nitrogen and oxygen atoms in total. The number of amides is 2. The zero-order valence-corrected chi connectivity index (χ0v) is 7.71. The first-order valence-corrected chi connectivity index (χ1v) is 4.25. The van der Waals surface area contributed by atoms with Gasteiger partial charge in [0.25, 0.3) is 0 Å². The number of hydrazone groups is 1. The summed E-state index contributed by atoms with van der Waals surface area (Å²) in [7, 11) is 0. The minimum Gasteiger partial charge on any atom is -0.350 e. The highest BCUT2D eigenvalue weighted by Crippen LogP contribution is 2.03. The van der Waals surface area contributed by atoms with Crippen LogP contribution in [0.4, 0.5) is 4.79 Å². The molecule has 0 bridgehead atoms. The Morgan fingerprint density at radius 1 is 1.75 bits per heavy atom. The summed E-state index contributed by atoms with van der Waals surface area (Å²) >= 11 is 0. The van der Waals surface area contributed by atoms with Crippen molar-refractivity contribution >= 4 is 12.2 Å². The quantitative estimate of drug-likeness (QED) is 0.477. The van der Waals surface area contributed by atoms with Crippen molar-refractivity contribution in [1.82, 2.24) is 5.43 Å². The summed E-state index contributed by atoms with van der Waals surface area (Å²) in [5.41, 5.74) is 6.98. The number of hydrogen-bond acceptors (Lipinski definition) is 2. The van der Waals surface area contributed by atoms with E-state index in [1.807, 2.05) is 0 Å². The Morgan fingerprint density at radius 2 is 2.42 bits per heavy atom. The lowest BCUT2D eigenvalue weighted by molar-refractivity contribution is 0.249. The molecule has 0 aromatic rings. The first-order chi connectivity index (χ1) is 5.66. The number of hydrogen-bond donors (Lipinski definition) is 2. The zero-order valence-electron chi connectivity index (χ0n) is 7.71. The fourth-order valence-corrected chi connectivity index (χ4v) is 0.829. The normalized spacial score (nSPS) is 13.2. The van der Waals surface area contributed by atoms with Crippen molar-refractivity contribution in [2.75, 3.05) is 0 Å². The van der Waals surface area contributed by atoms with E-state index in [2.05, 4.69) is 24.4 Å². The molecule has 0 heterocycles. The zero-order chi connectivity index (χ0) is 9.40. The van der Waals surface area contributed by atoms with Crippen molar-refractivity contribution in [1.29, 1.82) is 0 Å². The van der Waals surface area contributed by atoms with E-state index >= 15 is 0 Å². The molecule has 0 aliphatic carbocycles. The number of nitrogens with two attached hydrogens (primary N) is 1. The fraction of sp³-hybridized carbons (Fsp3) is 0.750. The number of carbonyl (C=O) groups is 1. The van der Waals surface area contributed by atoms with Gasteiger partial charge in [-0.2, -0.15) is 5.10 Å². The Hall–Kier alpha value is -1.06. The molecule has 0 rings (SSSR count). The lowest BCUT2D eigenvalue weighted by atomic mass is 10.1. The number of primary amides is 1. The van der Waals surface area contributed by atoms with Crippen molar-refractivity contribution in [3.05, 3.63) is 0 Å². The van der Waals surface area contributed by atoms with Gasteiger partial charge in [-0.25, -0.2) is 10.2 Å². The summed E-state index contributed by atoms with van der Waals surface area (Å²) in [5.74, 6) is 0.400. The van der Waals surface area contributed by atoms with E-state index in [1.165, 1.54) is 12.8 Å². The molecule has 0 aromatic carbocycles. The van der Waals surface area contributed by atoms with Crippen LogP contribution in [-0.2, 0) is 0 Å². The van der Waals surface area contributed by atoms with Crippen LogP contribution in [0.5, 0.6) is 0 Å². The lowest BCUT2D eigenvalue weighted by Crippen LogP contribution is -2.24. The second-order valence-corrected chi connectivity index (χ2v) is 2.87. The molecule has 0 spiro atoms. The Bertz CT molecular complexity index is 156. The first-order valence-electron chi connectivity index (χ1n) is 4.25. The van der Waals surface area contributed by atoms with Crippen molar-refractivity contribution in [2.45, 2.75) is 33.1 Å². The molecule has 0 saturated heterocycles. The van der Waals surface area contributed by atoms with Gasteiger partial charge in [-0.1, -0.05) is 26.7 Å². The molecule has 0 aromatic heterocycles. The highest BCUT2D eigenvalue weighted by atomic mass is 16.2. The summed E-state index contributed by atoms with van der Waals surface area (Å²) in [6.45, 7) is 4.20. The summed E-state index contributed by atoms with van der Waals surface area (Å²) < 4.78 is 0. The third-order valence-electron chi connectivity index (χ3n) is 1.52. The smallest absolute Gasteiger partial charge is 0.332 e. The number of rotatable bonds is 5. The van der Waals surface area contributed by atoms with E-state index in [0.29, 0.717) is 5.92 Å². The van der Waals surface area contributed by atoms with E-state index in [1.54, 1.807) is 6.21 Å². The Morgan fingerprint density at radius 3 is 2.92 bits per heavy atom. The van der Waals surface area contributed by atoms with E-state index < -0.39 is 6.03 Å². The van der Waals surface area contributed by atoms with Gasteiger partial charge >= 0.3 is 6.03 Å². The van der Waals surface area contributed by atoms with Gasteiger partial charge in [0.05, 0.1) is 0 Å². The molecule has 4 heteroatoms. The lowest BCUT2D eigenvalue weighted by Gasteiger charge is -2.02. The van der Waals surface area contributed by atoms with Crippen LogP contribution in [0.25, 0.3) is 0 Å². The van der Waals surface area contributed by atoms with E-state index in [-0.39, 0.29) is 0 Å². The third-order valence-corrected chi connectivity index (χ3v) is 1.52. The molecular formula is C8H17N3O. The molecule has 0 radical (unpaired) electrons. The molecule has 3 N–H and O–H groups in total. The summed E-state index contributed by atoms with van der Waals surface area (Å²) in [6.07, 6.45) is 5.17. The fourth-order valence-electron chi connectivity index (χ4n) is 0.829. The molecule has 70 valence electrons. The van der Waals surface area contributed by atoms with E-state index in [4.69, 9.17) is 5.73 Å². The molecule has 0 aliphatic rings. The second kappa shape index (κ2) is 6.64. The maximum atomic E-state index is 10.2. The van der Waals surface area contributed by atoms with Crippen LogP contribution in [0.3, 0.4) is 0 Å². The van der Waals surface area contributed by atoms with Gasteiger partial charge in [0.15, 0.2) is 0 Å². The van der Waals surface area contributed by atoms with Crippen LogP contribution in [0.2, 0.25) is 0 Å². The maximum absolute atomic E-state index is 10.2. The highest BCUT2D eigenvalue weighted by Gasteiger charge is 1.96. The molecule has 2 amide bonds. The first kappa shape index (κ1) is 10.9. The molecule has 1 atom stereocenters. The monoisotopic (exact) mass is 171 g/mol. The van der Waals surface area contributed by atoms with Gasteiger partial charge in [-0.05, 0) is 12.3 Å². The minimum atomic E-state index is -0.617. The summed E-state index contributed by atoms with van der Waals surface area (Å²) in [6, 6.07) is -0.617. The van der Waals surface area contributed by atoms with Crippen LogP contribution in [0.15, 0.2) is 5.10 Å². The number of carbonyl (C=O) groups excluding carboxylic acids is 1. The average molecular weight is 171 g/mol. The standard InChI is InChI=1S/C8H17N3O/c1-3-4-5-7(2)6-10-11-8(9)12/h6-7H,3-5H2,1-2H3,(H3,9,11,12). The van der Waals surface area contributed by atoms with Gasteiger partial charge in [0.1, 0.15) is 0 Å². The third kappa shape index (κ3) is 7.05. The number of unbranched alkanes of at least 4 members (excludes halogenated alkanes) is 1. The average Bonchev–Trinajstić information content (AvgIpc) is 2.00. The highest BCUT2D eigenvalue weighted by molar-refractivity contribution is 5.73. The predicted octanol–water partition coefficient (Wildman–Crippen LogP) is 1.47. The van der Waals surface area contributed by atoms with Crippen LogP contribution < -0.4 is 11.2 Å². The van der Waals surface area contributed by atoms with Gasteiger partial charge in [-0.3, -0.25) is 0 Å². The number of urea groups is 1. The molecule has 0 fully saturated rings.